The van der Waals surface area contributed by atoms with Crippen LogP contribution in [0, 0.1) is 0 Å². The van der Waals surface area contributed by atoms with E-state index in [4.69, 9.17) is 0 Å². The summed E-state index contributed by atoms with van der Waals surface area (Å²) in [6, 6.07) is 10.8. The second-order valence-corrected chi connectivity index (χ2v) is 6.17. The van der Waals surface area contributed by atoms with E-state index in [1.807, 2.05) is 6.07 Å². The predicted molar refractivity (Wildman–Crippen MR) is 83.9 cm³/mol. The van der Waals surface area contributed by atoms with Crippen molar-refractivity contribution in [3.63, 3.8) is 0 Å². The van der Waals surface area contributed by atoms with Crippen LogP contribution >= 0.6 is 0 Å². The molecule has 21 heavy (non-hydrogen) atoms. The highest BCUT2D eigenvalue weighted by molar-refractivity contribution is 5.82. The quantitative estimate of drug-likeness (QED) is 0.882. The molecule has 4 nitrogen and oxygen atoms in total. The smallest absolute Gasteiger partial charge is 0.237 e. The van der Waals surface area contributed by atoms with Crippen molar-refractivity contribution in [2.45, 2.75) is 44.3 Å². The Hall–Kier alpha value is -1.39. The molecule has 1 amide bonds. The highest BCUT2D eigenvalue weighted by Gasteiger charge is 2.31. The summed E-state index contributed by atoms with van der Waals surface area (Å²) in [5.74, 6) is 0.220. The Bertz CT molecular complexity index is 456. The number of carbonyl (C=O) groups excluding carboxylic acids is 1. The lowest BCUT2D eigenvalue weighted by Gasteiger charge is -2.28. The van der Waals surface area contributed by atoms with Gasteiger partial charge in [0.2, 0.25) is 5.91 Å². The molecule has 114 valence electrons. The third-order valence-corrected chi connectivity index (χ3v) is 4.54. The molecule has 4 heteroatoms. The highest BCUT2D eigenvalue weighted by atomic mass is 16.2. The zero-order chi connectivity index (χ0) is 14.5. The van der Waals surface area contributed by atoms with Crippen LogP contribution in [0.5, 0.6) is 0 Å². The van der Waals surface area contributed by atoms with Crippen LogP contribution < -0.4 is 10.6 Å². The first-order valence-electron chi connectivity index (χ1n) is 8.12. The average Bonchev–Trinajstić information content (AvgIpc) is 2.97. The van der Waals surface area contributed by atoms with Crippen molar-refractivity contribution in [1.82, 2.24) is 15.5 Å². The lowest BCUT2D eigenvalue weighted by Crippen LogP contribution is -2.51. The monoisotopic (exact) mass is 287 g/mol. The number of likely N-dealkylation sites (tertiary alicyclic amines) is 1. The largest absolute Gasteiger partial charge is 0.351 e. The summed E-state index contributed by atoms with van der Waals surface area (Å²) in [5.41, 5.74) is 1.29. The van der Waals surface area contributed by atoms with E-state index in [1.54, 1.807) is 0 Å². The Morgan fingerprint density at radius 1 is 1.24 bits per heavy atom. The molecule has 2 aliphatic heterocycles. The van der Waals surface area contributed by atoms with Gasteiger partial charge in [-0.2, -0.15) is 0 Å². The minimum absolute atomic E-state index is 0.0483. The minimum atomic E-state index is 0.0483. The molecule has 0 aliphatic carbocycles. The summed E-state index contributed by atoms with van der Waals surface area (Å²) in [4.78, 5) is 14.9. The molecule has 0 bridgehead atoms. The number of amides is 1. The Morgan fingerprint density at radius 3 is 2.86 bits per heavy atom. The van der Waals surface area contributed by atoms with Crippen LogP contribution in [-0.2, 0) is 11.3 Å². The number of rotatable bonds is 4. The van der Waals surface area contributed by atoms with Gasteiger partial charge in [-0.25, -0.2) is 0 Å². The molecule has 1 aromatic rings. The van der Waals surface area contributed by atoms with Crippen LogP contribution in [0.4, 0.5) is 0 Å². The summed E-state index contributed by atoms with van der Waals surface area (Å²) in [6.07, 6.45) is 4.36. The lowest BCUT2D eigenvalue weighted by atomic mass is 10.1. The second-order valence-electron chi connectivity index (χ2n) is 6.17. The molecule has 1 aromatic carbocycles. The highest BCUT2D eigenvalue weighted by Crippen LogP contribution is 2.20. The van der Waals surface area contributed by atoms with Crippen molar-refractivity contribution in [3.8, 4) is 0 Å². The van der Waals surface area contributed by atoms with Crippen LogP contribution in [0.15, 0.2) is 30.3 Å². The minimum Gasteiger partial charge on any atom is -0.351 e. The molecule has 0 aromatic heterocycles. The fourth-order valence-corrected chi connectivity index (χ4v) is 3.40. The summed E-state index contributed by atoms with van der Waals surface area (Å²) >= 11 is 0. The molecular formula is C17H25N3O. The fraction of sp³-hybridized carbons (Fsp3) is 0.588. The normalized spacial score (nSPS) is 26.7. The van der Waals surface area contributed by atoms with Gasteiger partial charge in [0.15, 0.2) is 0 Å². The molecule has 2 atom stereocenters. The summed E-state index contributed by atoms with van der Waals surface area (Å²) < 4.78 is 0. The number of hydrogen-bond acceptors (Lipinski definition) is 3. The number of benzene rings is 1. The number of piperidine rings is 1. The number of nitrogens with one attached hydrogen (secondary N) is 2. The van der Waals surface area contributed by atoms with Gasteiger partial charge < -0.3 is 10.6 Å². The van der Waals surface area contributed by atoms with E-state index in [2.05, 4.69) is 39.8 Å². The molecule has 2 heterocycles. The maximum absolute atomic E-state index is 12.5. The van der Waals surface area contributed by atoms with Gasteiger partial charge in [0.25, 0.3) is 0 Å². The third-order valence-electron chi connectivity index (χ3n) is 4.54. The van der Waals surface area contributed by atoms with E-state index in [0.717, 1.165) is 51.9 Å². The first-order chi connectivity index (χ1) is 10.3. The number of carbonyl (C=O) groups is 1. The van der Waals surface area contributed by atoms with Crippen molar-refractivity contribution in [2.75, 3.05) is 19.6 Å². The lowest BCUT2D eigenvalue weighted by molar-refractivity contribution is -0.126. The topological polar surface area (TPSA) is 44.4 Å². The predicted octanol–water partition coefficient (Wildman–Crippen LogP) is 1.52. The molecule has 2 fully saturated rings. The fourth-order valence-electron chi connectivity index (χ4n) is 3.40. The van der Waals surface area contributed by atoms with Gasteiger partial charge in [0.1, 0.15) is 0 Å². The SMILES string of the molecule is O=C(N[C@H]1CCCNC1)C1CCCN1Cc1ccccc1. The first kappa shape index (κ1) is 14.5. The third kappa shape index (κ3) is 3.83. The van der Waals surface area contributed by atoms with Gasteiger partial charge in [-0.05, 0) is 44.3 Å². The maximum atomic E-state index is 12.5. The van der Waals surface area contributed by atoms with Crippen LogP contribution in [-0.4, -0.2) is 42.5 Å². The molecule has 0 spiro atoms. The van der Waals surface area contributed by atoms with Crippen molar-refractivity contribution >= 4 is 5.91 Å². The van der Waals surface area contributed by atoms with E-state index in [1.165, 1.54) is 5.56 Å². The summed E-state index contributed by atoms with van der Waals surface area (Å²) in [7, 11) is 0. The number of hydrogen-bond donors (Lipinski definition) is 2. The molecule has 2 saturated heterocycles. The molecule has 2 aliphatic rings. The van der Waals surface area contributed by atoms with Crippen LogP contribution in [0.25, 0.3) is 0 Å². The Morgan fingerprint density at radius 2 is 2.10 bits per heavy atom. The van der Waals surface area contributed by atoms with Crippen molar-refractivity contribution in [1.29, 1.82) is 0 Å². The number of nitrogens with zero attached hydrogens (tertiary/aromatic N) is 1. The molecule has 0 saturated carbocycles. The van der Waals surface area contributed by atoms with Crippen molar-refractivity contribution < 1.29 is 4.79 Å². The molecule has 2 N–H and O–H groups in total. The van der Waals surface area contributed by atoms with Gasteiger partial charge in [-0.15, -0.1) is 0 Å². The molecule has 0 radical (unpaired) electrons. The van der Waals surface area contributed by atoms with Crippen LogP contribution in [0.3, 0.4) is 0 Å². The Balaban J connectivity index is 1.56. The summed E-state index contributed by atoms with van der Waals surface area (Å²) in [5, 5.41) is 6.59. The van der Waals surface area contributed by atoms with E-state index >= 15 is 0 Å². The standard InChI is InChI=1S/C17H25N3O/c21-17(19-15-8-4-10-18-12-15)16-9-5-11-20(16)13-14-6-2-1-3-7-14/h1-3,6-7,15-16,18H,4-5,8-13H2,(H,19,21)/t15-,16?/m0/s1. The van der Waals surface area contributed by atoms with Gasteiger partial charge in [-0.3, -0.25) is 9.69 Å². The molecule has 3 rings (SSSR count). The maximum Gasteiger partial charge on any atom is 0.237 e. The van der Waals surface area contributed by atoms with Gasteiger partial charge in [0, 0.05) is 19.1 Å². The molecule has 1 unspecified atom stereocenters. The van der Waals surface area contributed by atoms with E-state index in [-0.39, 0.29) is 11.9 Å². The molecular weight excluding hydrogens is 262 g/mol. The van der Waals surface area contributed by atoms with E-state index < -0.39 is 0 Å². The summed E-state index contributed by atoms with van der Waals surface area (Å²) in [6.45, 7) is 3.89. The zero-order valence-corrected chi connectivity index (χ0v) is 12.6. The Kier molecular flexibility index (Phi) is 4.88. The van der Waals surface area contributed by atoms with E-state index in [9.17, 15) is 4.79 Å². The van der Waals surface area contributed by atoms with Crippen LogP contribution in [0.1, 0.15) is 31.2 Å². The van der Waals surface area contributed by atoms with Gasteiger partial charge >= 0.3 is 0 Å². The second kappa shape index (κ2) is 7.05. The van der Waals surface area contributed by atoms with Crippen LogP contribution in [0.2, 0.25) is 0 Å². The van der Waals surface area contributed by atoms with E-state index in [0.29, 0.717) is 6.04 Å². The van der Waals surface area contributed by atoms with Gasteiger partial charge in [-0.1, -0.05) is 30.3 Å². The zero-order valence-electron chi connectivity index (χ0n) is 12.6. The van der Waals surface area contributed by atoms with Crippen molar-refractivity contribution in [3.05, 3.63) is 35.9 Å². The van der Waals surface area contributed by atoms with Crippen molar-refractivity contribution in [2.24, 2.45) is 0 Å². The average molecular weight is 287 g/mol. The van der Waals surface area contributed by atoms with Gasteiger partial charge in [0.05, 0.1) is 6.04 Å². The first-order valence-corrected chi connectivity index (χ1v) is 8.12. The Labute approximate surface area is 126 Å².